The van der Waals surface area contributed by atoms with E-state index in [2.05, 4.69) is 11.3 Å². The fourth-order valence-electron chi connectivity index (χ4n) is 5.16. The summed E-state index contributed by atoms with van der Waals surface area (Å²) in [5.74, 6) is -5.72. The van der Waals surface area contributed by atoms with E-state index in [-0.39, 0.29) is 37.2 Å². The molecule has 38 heavy (non-hydrogen) atoms. The molecule has 2 aromatic rings. The number of halogens is 6. The molecule has 2 aromatic carbocycles. The molecule has 3 nitrogen and oxygen atoms in total. The smallest absolute Gasteiger partial charge is 0.310 e. The van der Waals surface area contributed by atoms with Crippen molar-refractivity contribution in [2.45, 2.75) is 56.7 Å². The van der Waals surface area contributed by atoms with Gasteiger partial charge in [-0.05, 0) is 79.7 Å². The second-order valence-electron chi connectivity index (χ2n) is 9.81. The van der Waals surface area contributed by atoms with Crippen molar-refractivity contribution >= 4 is 5.83 Å². The third-order valence-electron chi connectivity index (χ3n) is 7.30. The highest BCUT2D eigenvalue weighted by molar-refractivity contribution is 5.60. The van der Waals surface area contributed by atoms with Crippen molar-refractivity contribution in [3.8, 4) is 0 Å². The molecular weight excluding hydrogens is 510 g/mol. The Morgan fingerprint density at radius 1 is 0.868 bits per heavy atom. The van der Waals surface area contributed by atoms with E-state index in [1.807, 2.05) is 0 Å². The summed E-state index contributed by atoms with van der Waals surface area (Å²) in [7, 11) is 0. The van der Waals surface area contributed by atoms with Crippen molar-refractivity contribution in [3.63, 3.8) is 0 Å². The van der Waals surface area contributed by atoms with Gasteiger partial charge in [0.25, 0.3) is 0 Å². The minimum atomic E-state index is -1.44. The van der Waals surface area contributed by atoms with E-state index in [0.29, 0.717) is 23.5 Å². The Morgan fingerprint density at radius 3 is 2.13 bits per heavy atom. The van der Waals surface area contributed by atoms with Crippen molar-refractivity contribution in [1.82, 2.24) is 0 Å². The maximum Gasteiger partial charge on any atom is 0.310 e. The molecule has 2 aliphatic rings. The van der Waals surface area contributed by atoms with Crippen molar-refractivity contribution in [2.24, 2.45) is 5.92 Å². The normalized spacial score (nSPS) is 24.6. The summed E-state index contributed by atoms with van der Waals surface area (Å²) >= 11 is 0. The first-order valence-corrected chi connectivity index (χ1v) is 12.7. The lowest BCUT2D eigenvalue weighted by Gasteiger charge is -2.32. The fourth-order valence-corrected chi connectivity index (χ4v) is 5.16. The molecule has 0 amide bonds. The first kappa shape index (κ1) is 28.2. The second-order valence-corrected chi connectivity index (χ2v) is 9.81. The first-order valence-electron chi connectivity index (χ1n) is 12.7. The maximum absolute atomic E-state index is 14.7. The molecule has 2 fully saturated rings. The molecule has 0 atom stereocenters. The lowest BCUT2D eigenvalue weighted by atomic mass is 9.77. The maximum atomic E-state index is 14.7. The lowest BCUT2D eigenvalue weighted by Crippen LogP contribution is -2.31. The van der Waals surface area contributed by atoms with Gasteiger partial charge in [0.1, 0.15) is 12.4 Å². The molecule has 1 saturated heterocycles. The zero-order valence-electron chi connectivity index (χ0n) is 20.8. The van der Waals surface area contributed by atoms with Crippen molar-refractivity contribution in [1.29, 1.82) is 0 Å². The zero-order valence-corrected chi connectivity index (χ0v) is 20.8. The quantitative estimate of drug-likeness (QED) is 0.139. The Labute approximate surface area is 218 Å². The second kappa shape index (κ2) is 12.8. The molecule has 1 aliphatic heterocycles. The SMILES string of the molecule is C=CCOC(F)=C(F)c1ccc(C2COC(CCC3CCC(c4cc(F)c(F)c(F)c4)CC3)OC2)c(F)c1. The van der Waals surface area contributed by atoms with Crippen LogP contribution >= 0.6 is 0 Å². The van der Waals surface area contributed by atoms with E-state index in [9.17, 15) is 26.3 Å². The van der Waals surface area contributed by atoms with Gasteiger partial charge in [-0.15, -0.1) is 0 Å². The number of hydrogen-bond acceptors (Lipinski definition) is 3. The van der Waals surface area contributed by atoms with Crippen molar-refractivity contribution < 1.29 is 40.6 Å². The van der Waals surface area contributed by atoms with Gasteiger partial charge in [0.2, 0.25) is 5.83 Å². The number of ether oxygens (including phenoxy) is 3. The van der Waals surface area contributed by atoms with Crippen LogP contribution in [0.2, 0.25) is 0 Å². The summed E-state index contributed by atoms with van der Waals surface area (Å²) in [5.41, 5.74) is 0.516. The summed E-state index contributed by atoms with van der Waals surface area (Å²) in [5, 5.41) is 0. The van der Waals surface area contributed by atoms with Crippen LogP contribution in [0.5, 0.6) is 0 Å². The topological polar surface area (TPSA) is 27.7 Å². The third kappa shape index (κ3) is 6.80. The van der Waals surface area contributed by atoms with E-state index in [1.54, 1.807) is 0 Å². The largest absolute Gasteiger partial charge is 0.464 e. The van der Waals surface area contributed by atoms with E-state index in [4.69, 9.17) is 9.47 Å². The van der Waals surface area contributed by atoms with Crippen LogP contribution in [0.3, 0.4) is 0 Å². The molecule has 0 aromatic heterocycles. The molecule has 1 aliphatic carbocycles. The van der Waals surface area contributed by atoms with Crippen LogP contribution in [0.4, 0.5) is 26.3 Å². The minimum Gasteiger partial charge on any atom is -0.464 e. The minimum absolute atomic E-state index is 0.000188. The van der Waals surface area contributed by atoms with Crippen molar-refractivity contribution in [3.05, 3.63) is 89.0 Å². The molecule has 0 N–H and O–H groups in total. The van der Waals surface area contributed by atoms with Gasteiger partial charge in [-0.1, -0.05) is 24.8 Å². The summed E-state index contributed by atoms with van der Waals surface area (Å²) < 4.78 is 99.0. The Balaban J connectivity index is 1.23. The van der Waals surface area contributed by atoms with E-state index in [1.165, 1.54) is 18.2 Å². The molecule has 0 unspecified atom stereocenters. The highest BCUT2D eigenvalue weighted by atomic mass is 19.2. The molecule has 206 valence electrons. The molecule has 4 rings (SSSR count). The van der Waals surface area contributed by atoms with Gasteiger partial charge >= 0.3 is 6.01 Å². The van der Waals surface area contributed by atoms with Crippen LogP contribution < -0.4 is 0 Å². The van der Waals surface area contributed by atoms with Gasteiger partial charge in [0, 0.05) is 11.5 Å². The molecule has 0 radical (unpaired) electrons. The number of rotatable bonds is 9. The first-order chi connectivity index (χ1) is 18.3. The van der Waals surface area contributed by atoms with Crippen LogP contribution in [0.1, 0.15) is 67.1 Å². The Bertz CT molecular complexity index is 1130. The van der Waals surface area contributed by atoms with E-state index < -0.39 is 41.4 Å². The predicted molar refractivity (Wildman–Crippen MR) is 130 cm³/mol. The van der Waals surface area contributed by atoms with E-state index in [0.717, 1.165) is 50.3 Å². The Kier molecular flexibility index (Phi) is 9.54. The highest BCUT2D eigenvalue weighted by Crippen LogP contribution is 2.39. The summed E-state index contributed by atoms with van der Waals surface area (Å²) in [6.45, 7) is 3.59. The van der Waals surface area contributed by atoms with Gasteiger partial charge in [0.05, 0.1) is 13.2 Å². The molecule has 1 saturated carbocycles. The van der Waals surface area contributed by atoms with Crippen LogP contribution in [0.25, 0.3) is 5.83 Å². The summed E-state index contributed by atoms with van der Waals surface area (Å²) in [4.78, 5) is 0. The number of hydrogen-bond donors (Lipinski definition) is 0. The Morgan fingerprint density at radius 2 is 1.53 bits per heavy atom. The Hall–Kier alpha value is -2.78. The molecule has 0 spiro atoms. The van der Waals surface area contributed by atoms with Gasteiger partial charge < -0.3 is 14.2 Å². The van der Waals surface area contributed by atoms with Crippen molar-refractivity contribution in [2.75, 3.05) is 19.8 Å². The summed E-state index contributed by atoms with van der Waals surface area (Å²) in [6.07, 6.45) is 5.62. The molecule has 9 heteroatoms. The highest BCUT2D eigenvalue weighted by Gasteiger charge is 2.29. The molecular formula is C29H30F6O3. The lowest BCUT2D eigenvalue weighted by molar-refractivity contribution is -0.191. The zero-order chi connectivity index (χ0) is 27.2. The fraction of sp³-hybridized carbons (Fsp3) is 0.448. The average Bonchev–Trinajstić information content (AvgIpc) is 2.93. The van der Waals surface area contributed by atoms with Gasteiger partial charge in [-0.3, -0.25) is 0 Å². The predicted octanol–water partition coefficient (Wildman–Crippen LogP) is 8.22. The van der Waals surface area contributed by atoms with Crippen LogP contribution in [-0.2, 0) is 14.2 Å². The van der Waals surface area contributed by atoms with Crippen LogP contribution in [0, 0.1) is 29.2 Å². The molecule has 0 bridgehead atoms. The monoisotopic (exact) mass is 540 g/mol. The molecule has 1 heterocycles. The standard InChI is InChI=1S/C29H30F6O3/c1-2-11-36-29(35)27(33)19-8-9-22(23(30)12-19)21-15-37-26(38-16-21)10-5-17-3-6-18(7-4-17)20-13-24(31)28(34)25(32)14-20/h2,8-9,12-14,17-18,21,26H,1,3-7,10-11,15-16H2. The van der Waals surface area contributed by atoms with Gasteiger partial charge in [-0.25, -0.2) is 17.6 Å². The third-order valence-corrected chi connectivity index (χ3v) is 7.30. The number of benzene rings is 2. The van der Waals surface area contributed by atoms with Gasteiger partial charge in [-0.2, -0.15) is 8.78 Å². The van der Waals surface area contributed by atoms with Crippen LogP contribution in [0.15, 0.2) is 49.0 Å². The summed E-state index contributed by atoms with van der Waals surface area (Å²) in [6, 6.07) is 4.32. The van der Waals surface area contributed by atoms with E-state index >= 15 is 0 Å². The van der Waals surface area contributed by atoms with Gasteiger partial charge in [0.15, 0.2) is 23.7 Å². The average molecular weight is 541 g/mol. The van der Waals surface area contributed by atoms with Crippen LogP contribution in [-0.4, -0.2) is 26.1 Å².